The minimum Gasteiger partial charge on any atom is -0.453 e. The van der Waals surface area contributed by atoms with Crippen LogP contribution in [0.4, 0.5) is 33.7 Å². The lowest BCUT2D eigenvalue weighted by Gasteiger charge is -2.30. The van der Waals surface area contributed by atoms with Gasteiger partial charge in [0.2, 0.25) is 17.7 Å². The molecule has 0 unspecified atom stereocenters. The number of benzene rings is 2. The summed E-state index contributed by atoms with van der Waals surface area (Å²) in [5.41, 5.74) is 5.06. The molecule has 330 valence electrons. The van der Waals surface area contributed by atoms with E-state index in [9.17, 15) is 41.8 Å². The van der Waals surface area contributed by atoms with Gasteiger partial charge in [-0.15, -0.1) is 0 Å². The van der Waals surface area contributed by atoms with Crippen LogP contribution in [0.1, 0.15) is 69.8 Å². The van der Waals surface area contributed by atoms with Gasteiger partial charge >= 0.3 is 6.09 Å². The number of fused-ring (bicyclic) bond motifs is 2. The first-order valence-corrected chi connectivity index (χ1v) is 20.4. The number of rotatable bonds is 11. The Morgan fingerprint density at radius 1 is 0.855 bits per heavy atom. The molecule has 16 nitrogen and oxygen atoms in total. The van der Waals surface area contributed by atoms with Gasteiger partial charge in [0, 0.05) is 30.5 Å². The Morgan fingerprint density at radius 3 is 2.02 bits per heavy atom. The molecule has 4 amide bonds. The van der Waals surface area contributed by atoms with E-state index in [2.05, 4.69) is 40.2 Å². The van der Waals surface area contributed by atoms with Crippen molar-refractivity contribution in [3.05, 3.63) is 59.9 Å². The summed E-state index contributed by atoms with van der Waals surface area (Å²) in [6.07, 6.45) is 1.51. The SMILES string of the molecule is COC(=O)N[C@H](C(=O)N1CC(F)(F)C[C@H]1c1ncc(-c2ccc3c(c2)Oc2ccc(-c4cnc([C@@H]5CC(F)(F)CN5C(=O)[C@@H](NC(=O)CO)C(C)C)[nH]4)c4c2N3CC4)[nH]1)C(C)C. The molecule has 2 saturated heterocycles. The highest BCUT2D eigenvalue weighted by atomic mass is 19.3. The number of alkyl halides is 4. The Balaban J connectivity index is 1.02. The number of aliphatic hydroxyl groups excluding tert-OH is 1. The van der Waals surface area contributed by atoms with Gasteiger partial charge in [0.15, 0.2) is 11.5 Å². The van der Waals surface area contributed by atoms with Gasteiger partial charge in [0.25, 0.3) is 11.8 Å². The summed E-state index contributed by atoms with van der Waals surface area (Å²) in [5, 5.41) is 14.2. The molecule has 2 aromatic heterocycles. The third-order valence-corrected chi connectivity index (χ3v) is 11.9. The van der Waals surface area contributed by atoms with E-state index in [-0.39, 0.29) is 11.6 Å². The molecule has 8 rings (SSSR count). The number of carbonyl (C=O) groups is 4. The third-order valence-electron chi connectivity index (χ3n) is 11.9. The lowest BCUT2D eigenvalue weighted by atomic mass is 10.0. The van der Waals surface area contributed by atoms with Gasteiger partial charge in [-0.05, 0) is 48.1 Å². The van der Waals surface area contributed by atoms with E-state index in [1.54, 1.807) is 40.0 Å². The number of aliphatic hydroxyl groups is 1. The highest BCUT2D eigenvalue weighted by Crippen LogP contribution is 2.54. The first kappa shape index (κ1) is 42.5. The van der Waals surface area contributed by atoms with E-state index >= 15 is 0 Å². The molecule has 20 heteroatoms. The second kappa shape index (κ2) is 15.9. The number of H-pyrrole nitrogens is 2. The maximum Gasteiger partial charge on any atom is 0.407 e. The second-order valence-corrected chi connectivity index (χ2v) is 16.9. The van der Waals surface area contributed by atoms with Crippen molar-refractivity contribution in [1.29, 1.82) is 0 Å². The van der Waals surface area contributed by atoms with Crippen molar-refractivity contribution >= 4 is 35.2 Å². The topological polar surface area (TPSA) is 198 Å². The molecule has 4 aliphatic heterocycles. The Kier molecular flexibility index (Phi) is 10.9. The molecule has 0 saturated carbocycles. The van der Waals surface area contributed by atoms with Gasteiger partial charge in [-0.25, -0.2) is 32.3 Å². The predicted molar refractivity (Wildman–Crippen MR) is 215 cm³/mol. The fourth-order valence-electron chi connectivity index (χ4n) is 8.85. The molecule has 0 bridgehead atoms. The number of nitrogens with zero attached hydrogens (tertiary/aromatic N) is 5. The quantitative estimate of drug-likeness (QED) is 0.118. The zero-order chi connectivity index (χ0) is 44.4. The number of aromatic nitrogens is 4. The normalized spacial score (nSPS) is 20.5. The number of carbonyl (C=O) groups excluding carboxylic acids is 4. The number of amides is 4. The van der Waals surface area contributed by atoms with Gasteiger partial charge in [0.05, 0.1) is 67.4 Å². The molecule has 4 atom stereocenters. The summed E-state index contributed by atoms with van der Waals surface area (Å²) in [6.45, 7) is 4.81. The molecule has 0 aliphatic carbocycles. The molecule has 2 fully saturated rings. The molecule has 0 spiro atoms. The molecule has 2 aromatic carbocycles. The Morgan fingerprint density at radius 2 is 1.44 bits per heavy atom. The smallest absolute Gasteiger partial charge is 0.407 e. The standard InChI is InChI=1S/C42H47F4N9O7/c1-20(2)33(51-32(57)17-56)38(58)54-18-42(45,46)14-29(54)37-48-16-26(50-37)23-7-9-30-35-24(23)10-11-53(35)27-8-6-22(12-31(27)62-30)25-15-47-36(49-25)28-13-41(43,44)19-55(28)39(59)34(21(3)4)52-40(60)61-5/h6-9,12,15-16,20-21,28-29,33-34,56H,10-11,13-14,17-19H2,1-5H3,(H,47,49)(H,48,50)(H,51,57)(H,52,60)/t28-,29-,33-,34-/m0/s1. The average molecular weight is 866 g/mol. The van der Waals surface area contributed by atoms with E-state index in [0.29, 0.717) is 41.4 Å². The van der Waals surface area contributed by atoms with Gasteiger partial charge in [-0.3, -0.25) is 14.4 Å². The van der Waals surface area contributed by atoms with Crippen molar-refractivity contribution < 1.29 is 51.3 Å². The van der Waals surface area contributed by atoms with Crippen LogP contribution in [-0.4, -0.2) is 116 Å². The number of nitrogens with one attached hydrogen (secondary N) is 4. The molecule has 6 heterocycles. The Bertz CT molecular complexity index is 2420. The number of ether oxygens (including phenoxy) is 2. The first-order chi connectivity index (χ1) is 29.4. The summed E-state index contributed by atoms with van der Waals surface area (Å²) >= 11 is 0. The summed E-state index contributed by atoms with van der Waals surface area (Å²) in [5.74, 6) is -7.92. The number of methoxy groups -OCH3 is 1. The minimum atomic E-state index is -3.20. The van der Waals surface area contributed by atoms with Gasteiger partial charge in [-0.2, -0.15) is 0 Å². The number of halogens is 4. The van der Waals surface area contributed by atoms with Gasteiger partial charge in [-0.1, -0.05) is 33.8 Å². The molecule has 5 N–H and O–H groups in total. The van der Waals surface area contributed by atoms with Crippen LogP contribution >= 0.6 is 0 Å². The van der Waals surface area contributed by atoms with Crippen LogP contribution in [0, 0.1) is 11.8 Å². The van der Waals surface area contributed by atoms with Crippen molar-refractivity contribution in [2.75, 3.05) is 38.3 Å². The minimum absolute atomic E-state index is 0.168. The van der Waals surface area contributed by atoms with Gasteiger partial charge in [0.1, 0.15) is 30.3 Å². The number of hydrogen-bond acceptors (Lipinski definition) is 10. The van der Waals surface area contributed by atoms with Crippen LogP contribution in [-0.2, 0) is 25.5 Å². The summed E-state index contributed by atoms with van der Waals surface area (Å²) in [6, 6.07) is 4.81. The highest BCUT2D eigenvalue weighted by Gasteiger charge is 2.52. The van der Waals surface area contributed by atoms with Crippen molar-refractivity contribution in [1.82, 2.24) is 40.4 Å². The molecule has 0 radical (unpaired) electrons. The van der Waals surface area contributed by atoms with Crippen LogP contribution < -0.4 is 20.3 Å². The summed E-state index contributed by atoms with van der Waals surface area (Å²) in [7, 11) is 1.15. The number of hydrogen-bond donors (Lipinski definition) is 5. The molecule has 62 heavy (non-hydrogen) atoms. The lowest BCUT2D eigenvalue weighted by molar-refractivity contribution is -0.140. The number of anilines is 2. The molecular formula is C42H47F4N9O7. The highest BCUT2D eigenvalue weighted by molar-refractivity contribution is 5.90. The maximum absolute atomic E-state index is 14.9. The third kappa shape index (κ3) is 7.79. The summed E-state index contributed by atoms with van der Waals surface area (Å²) in [4.78, 5) is 70.6. The van der Waals surface area contributed by atoms with E-state index in [4.69, 9.17) is 4.74 Å². The molecular weight excluding hydrogens is 819 g/mol. The van der Waals surface area contributed by atoms with E-state index in [1.807, 2.05) is 24.3 Å². The Hall–Kier alpha value is -6.18. The molecule has 4 aliphatic rings. The van der Waals surface area contributed by atoms with E-state index < -0.39 is 104 Å². The van der Waals surface area contributed by atoms with Crippen molar-refractivity contribution in [3.8, 4) is 34.0 Å². The van der Waals surface area contributed by atoms with Crippen LogP contribution in [0.5, 0.6) is 11.5 Å². The van der Waals surface area contributed by atoms with Crippen LogP contribution in [0.15, 0.2) is 42.7 Å². The summed E-state index contributed by atoms with van der Waals surface area (Å²) < 4.78 is 70.8. The first-order valence-electron chi connectivity index (χ1n) is 20.4. The van der Waals surface area contributed by atoms with Crippen LogP contribution in [0.2, 0.25) is 0 Å². The number of alkyl carbamates (subject to hydrolysis) is 1. The largest absolute Gasteiger partial charge is 0.453 e. The van der Waals surface area contributed by atoms with Crippen molar-refractivity contribution in [2.45, 2.75) is 83.0 Å². The van der Waals surface area contributed by atoms with E-state index in [0.717, 1.165) is 39.4 Å². The van der Waals surface area contributed by atoms with Crippen molar-refractivity contribution in [2.24, 2.45) is 11.8 Å². The van der Waals surface area contributed by atoms with Crippen molar-refractivity contribution in [3.63, 3.8) is 0 Å². The molecule has 4 aromatic rings. The van der Waals surface area contributed by atoms with Crippen LogP contribution in [0.3, 0.4) is 0 Å². The fourth-order valence-corrected chi connectivity index (χ4v) is 8.85. The number of aromatic amines is 2. The zero-order valence-electron chi connectivity index (χ0n) is 34.6. The van der Waals surface area contributed by atoms with Crippen LogP contribution in [0.25, 0.3) is 22.5 Å². The predicted octanol–water partition coefficient (Wildman–Crippen LogP) is 5.60. The van der Waals surface area contributed by atoms with Gasteiger partial charge < -0.3 is 49.9 Å². The Labute approximate surface area is 353 Å². The number of likely N-dealkylation sites (tertiary alicyclic amines) is 2. The monoisotopic (exact) mass is 865 g/mol. The van der Waals surface area contributed by atoms with E-state index in [1.165, 1.54) is 6.20 Å². The maximum atomic E-state index is 14.9. The fraction of sp³-hybridized carbons (Fsp3) is 0.476. The zero-order valence-corrected chi connectivity index (χ0v) is 34.6. The average Bonchev–Trinajstić information content (AvgIpc) is 4.08. The number of imidazole rings is 2. The lowest BCUT2D eigenvalue weighted by Crippen LogP contribution is -2.52. The second-order valence-electron chi connectivity index (χ2n) is 16.9.